The maximum Gasteiger partial charge on any atom is 0.268 e. The van der Waals surface area contributed by atoms with Gasteiger partial charge in [-0.15, -0.1) is 0 Å². The van der Waals surface area contributed by atoms with Crippen molar-refractivity contribution >= 4 is 22.6 Å². The van der Waals surface area contributed by atoms with E-state index < -0.39 is 5.92 Å². The maximum atomic E-state index is 13.5. The van der Waals surface area contributed by atoms with Crippen molar-refractivity contribution in [3.05, 3.63) is 113 Å². The van der Waals surface area contributed by atoms with E-state index in [0.717, 1.165) is 31.4 Å². The molecule has 0 atom stereocenters. The van der Waals surface area contributed by atoms with Crippen LogP contribution in [-0.2, 0) is 0 Å². The molecule has 0 saturated heterocycles. The molecule has 0 spiro atoms. The third-order valence-corrected chi connectivity index (χ3v) is 7.56. The van der Waals surface area contributed by atoms with Crippen molar-refractivity contribution in [2.75, 3.05) is 13.7 Å². The van der Waals surface area contributed by atoms with Gasteiger partial charge in [0.25, 0.3) is 11.1 Å². The van der Waals surface area contributed by atoms with Crippen LogP contribution >= 0.6 is 22.6 Å². The molecule has 0 amide bonds. The van der Waals surface area contributed by atoms with Gasteiger partial charge in [-0.3, -0.25) is 30.0 Å². The largest absolute Gasteiger partial charge is 0.493 e. The first kappa shape index (κ1) is 26.6. The zero-order valence-corrected chi connectivity index (χ0v) is 24.2. The molecule has 0 saturated carbocycles. The predicted octanol–water partition coefficient (Wildman–Crippen LogP) is 5.86. The van der Waals surface area contributed by atoms with E-state index in [1.807, 2.05) is 81.4 Å². The average Bonchev–Trinajstić information content (AvgIpc) is 3.49. The van der Waals surface area contributed by atoms with Gasteiger partial charge in [0.1, 0.15) is 0 Å². The Labute approximate surface area is 238 Å². The first-order valence-corrected chi connectivity index (χ1v) is 13.7. The Morgan fingerprint density at radius 1 is 0.769 bits per heavy atom. The summed E-state index contributed by atoms with van der Waals surface area (Å²) < 4.78 is 12.4. The fraction of sp³-hybridized carbons (Fsp3) is 0.200. The number of ether oxygens (including phenoxy) is 2. The molecule has 2 heterocycles. The number of aromatic amines is 4. The van der Waals surface area contributed by atoms with Gasteiger partial charge in [-0.1, -0.05) is 59.7 Å². The molecule has 4 N–H and O–H groups in total. The maximum absolute atomic E-state index is 13.5. The highest BCUT2D eigenvalue weighted by Crippen LogP contribution is 2.42. The summed E-state index contributed by atoms with van der Waals surface area (Å²) in [5.41, 5.74) is 6.05. The number of H-pyrrole nitrogens is 4. The second kappa shape index (κ2) is 11.0. The molecule has 0 radical (unpaired) electrons. The van der Waals surface area contributed by atoms with E-state index >= 15 is 0 Å². The van der Waals surface area contributed by atoms with Gasteiger partial charge in [0.2, 0.25) is 0 Å². The number of nitrogens with one attached hydrogen (secondary N) is 4. The molecule has 8 nitrogen and oxygen atoms in total. The fourth-order valence-corrected chi connectivity index (χ4v) is 5.63. The molecule has 0 aliphatic rings. The van der Waals surface area contributed by atoms with Crippen LogP contribution in [0, 0.1) is 17.4 Å². The fourth-order valence-electron chi connectivity index (χ4n) is 4.85. The van der Waals surface area contributed by atoms with Gasteiger partial charge >= 0.3 is 0 Å². The monoisotopic (exact) mass is 636 g/mol. The van der Waals surface area contributed by atoms with Crippen molar-refractivity contribution in [3.8, 4) is 34.0 Å². The van der Waals surface area contributed by atoms with Crippen LogP contribution in [-0.4, -0.2) is 34.1 Å². The summed E-state index contributed by atoms with van der Waals surface area (Å²) in [6, 6.07) is 19.6. The minimum atomic E-state index is -0.735. The van der Waals surface area contributed by atoms with E-state index in [4.69, 9.17) is 9.47 Å². The van der Waals surface area contributed by atoms with E-state index in [1.165, 1.54) is 0 Å². The molecule has 2 aromatic heterocycles. The topological polar surface area (TPSA) is 116 Å². The van der Waals surface area contributed by atoms with Gasteiger partial charge in [0.05, 0.1) is 39.8 Å². The Balaban J connectivity index is 1.83. The average molecular weight is 636 g/mol. The summed E-state index contributed by atoms with van der Waals surface area (Å²) in [7, 11) is 1.58. The number of rotatable bonds is 8. The molecule has 200 valence electrons. The van der Waals surface area contributed by atoms with E-state index in [-0.39, 0.29) is 11.1 Å². The molecule has 0 aliphatic heterocycles. The molecule has 5 aromatic rings. The lowest BCUT2D eigenvalue weighted by Crippen LogP contribution is -2.20. The van der Waals surface area contributed by atoms with Crippen LogP contribution in [0.4, 0.5) is 0 Å². The molecule has 0 fully saturated rings. The van der Waals surface area contributed by atoms with Crippen LogP contribution in [0.3, 0.4) is 0 Å². The lowest BCUT2D eigenvalue weighted by molar-refractivity contribution is 0.308. The molecule has 0 aliphatic carbocycles. The Morgan fingerprint density at radius 2 is 1.26 bits per heavy atom. The molecule has 5 rings (SSSR count). The highest BCUT2D eigenvalue weighted by molar-refractivity contribution is 14.1. The van der Waals surface area contributed by atoms with Crippen LogP contribution in [0.2, 0.25) is 0 Å². The molecular weight excluding hydrogens is 607 g/mol. The van der Waals surface area contributed by atoms with Crippen LogP contribution in [0.5, 0.6) is 11.5 Å². The van der Waals surface area contributed by atoms with E-state index in [0.29, 0.717) is 40.6 Å². The quantitative estimate of drug-likeness (QED) is 0.160. The van der Waals surface area contributed by atoms with Crippen LogP contribution in [0.1, 0.15) is 40.7 Å². The number of hydrogen-bond donors (Lipinski definition) is 4. The summed E-state index contributed by atoms with van der Waals surface area (Å²) in [5.74, 6) is 0.406. The van der Waals surface area contributed by atoms with Gasteiger partial charge in [-0.2, -0.15) is 0 Å². The van der Waals surface area contributed by atoms with Crippen molar-refractivity contribution < 1.29 is 9.47 Å². The molecule has 0 unspecified atom stereocenters. The standard InChI is InChI=1S/C30H29IN4O4/c1-5-39-28-21(31)14-20(15-22(28)38-4)23(24-26(32-34-29(24)36)18-10-6-16(2)7-11-18)25-27(33-35-30(25)37)19-12-8-17(3)9-13-19/h6-15,23H,5H2,1-4H3,(H2,32,34,36)(H2,33,35,37). The normalized spacial score (nSPS) is 11.2. The van der Waals surface area contributed by atoms with Gasteiger partial charge in [0, 0.05) is 5.92 Å². The number of hydrogen-bond acceptors (Lipinski definition) is 4. The Kier molecular flexibility index (Phi) is 7.51. The summed E-state index contributed by atoms with van der Waals surface area (Å²) in [6.07, 6.45) is 0. The van der Waals surface area contributed by atoms with E-state index in [9.17, 15) is 9.59 Å². The summed E-state index contributed by atoms with van der Waals surface area (Å²) in [6.45, 7) is 6.40. The van der Waals surface area contributed by atoms with Crippen LogP contribution in [0.25, 0.3) is 22.5 Å². The smallest absolute Gasteiger partial charge is 0.268 e. The van der Waals surface area contributed by atoms with Gasteiger partial charge in [0.15, 0.2) is 11.5 Å². The number of aryl methyl sites for hydroxylation is 2. The number of aromatic nitrogens is 4. The van der Waals surface area contributed by atoms with Crippen molar-refractivity contribution in [2.24, 2.45) is 0 Å². The van der Waals surface area contributed by atoms with Crippen molar-refractivity contribution in [1.82, 2.24) is 20.4 Å². The van der Waals surface area contributed by atoms with E-state index in [1.54, 1.807) is 7.11 Å². The number of methoxy groups -OCH3 is 1. The Hall–Kier alpha value is -3.99. The van der Waals surface area contributed by atoms with Crippen LogP contribution < -0.4 is 20.6 Å². The van der Waals surface area contributed by atoms with Crippen molar-refractivity contribution in [1.29, 1.82) is 0 Å². The summed E-state index contributed by atoms with van der Waals surface area (Å²) in [5, 5.41) is 11.7. The second-order valence-corrected chi connectivity index (χ2v) is 10.5. The summed E-state index contributed by atoms with van der Waals surface area (Å²) >= 11 is 2.20. The molecule has 0 bridgehead atoms. The molecular formula is C30H29IN4O4. The first-order valence-electron chi connectivity index (χ1n) is 12.6. The van der Waals surface area contributed by atoms with Gasteiger partial charge < -0.3 is 9.47 Å². The minimum absolute atomic E-state index is 0.311. The zero-order chi connectivity index (χ0) is 27.7. The number of benzene rings is 3. The van der Waals surface area contributed by atoms with Crippen molar-refractivity contribution in [2.45, 2.75) is 26.7 Å². The number of halogens is 1. The third-order valence-electron chi connectivity index (χ3n) is 6.76. The van der Waals surface area contributed by atoms with Gasteiger partial charge in [-0.25, -0.2) is 0 Å². The lowest BCUT2D eigenvalue weighted by Gasteiger charge is -2.20. The second-order valence-electron chi connectivity index (χ2n) is 9.37. The highest BCUT2D eigenvalue weighted by Gasteiger charge is 2.32. The SMILES string of the molecule is CCOc1c(I)cc(C(c2c(-c3ccc(C)cc3)[nH][nH]c2=O)c2c(-c3ccc(C)cc3)[nH][nH]c2=O)cc1OC. The summed E-state index contributed by atoms with van der Waals surface area (Å²) in [4.78, 5) is 27.1. The zero-order valence-electron chi connectivity index (χ0n) is 22.1. The molecule has 39 heavy (non-hydrogen) atoms. The first-order chi connectivity index (χ1) is 18.8. The lowest BCUT2D eigenvalue weighted by atomic mass is 9.83. The molecule has 9 heteroatoms. The molecule has 3 aromatic carbocycles. The highest BCUT2D eigenvalue weighted by atomic mass is 127. The Bertz CT molecular complexity index is 1630. The van der Waals surface area contributed by atoms with Crippen molar-refractivity contribution in [3.63, 3.8) is 0 Å². The van der Waals surface area contributed by atoms with E-state index in [2.05, 4.69) is 43.0 Å². The third kappa shape index (κ3) is 5.06. The minimum Gasteiger partial charge on any atom is -0.493 e. The predicted molar refractivity (Wildman–Crippen MR) is 161 cm³/mol. The van der Waals surface area contributed by atoms with Crippen LogP contribution in [0.15, 0.2) is 70.3 Å². The Morgan fingerprint density at radius 3 is 1.69 bits per heavy atom. The van der Waals surface area contributed by atoms with Gasteiger partial charge in [-0.05, 0) is 72.2 Å².